The van der Waals surface area contributed by atoms with E-state index in [-0.39, 0.29) is 5.54 Å². The average molecular weight is 215 g/mol. The van der Waals surface area contributed by atoms with Crippen LogP contribution >= 0.6 is 0 Å². The molecule has 3 rings (SSSR count). The van der Waals surface area contributed by atoms with Crippen molar-refractivity contribution in [3.63, 3.8) is 0 Å². The van der Waals surface area contributed by atoms with Gasteiger partial charge < -0.3 is 5.73 Å². The van der Waals surface area contributed by atoms with Crippen LogP contribution in [0.15, 0.2) is 24.3 Å². The summed E-state index contributed by atoms with van der Waals surface area (Å²) in [6.07, 6.45) is 6.35. The fraction of sp³-hybridized carbons (Fsp3) is 0.600. The van der Waals surface area contributed by atoms with Crippen LogP contribution in [-0.4, -0.2) is 5.54 Å². The normalized spacial score (nSPS) is 36.1. The van der Waals surface area contributed by atoms with Gasteiger partial charge in [0.15, 0.2) is 0 Å². The summed E-state index contributed by atoms with van der Waals surface area (Å²) in [5.41, 5.74) is 9.82. The van der Waals surface area contributed by atoms with E-state index in [2.05, 4.69) is 31.2 Å². The van der Waals surface area contributed by atoms with Crippen LogP contribution in [0.2, 0.25) is 0 Å². The van der Waals surface area contributed by atoms with E-state index in [1.54, 1.807) is 11.1 Å². The van der Waals surface area contributed by atoms with Crippen LogP contribution in [0.1, 0.15) is 49.7 Å². The number of rotatable bonds is 3. The zero-order valence-corrected chi connectivity index (χ0v) is 10.1. The molecular formula is C15H21N. The summed E-state index contributed by atoms with van der Waals surface area (Å²) in [6, 6.07) is 8.89. The summed E-state index contributed by atoms with van der Waals surface area (Å²) in [5, 5.41) is 0. The lowest BCUT2D eigenvalue weighted by Gasteiger charge is -2.21. The molecule has 0 aliphatic heterocycles. The fourth-order valence-electron chi connectivity index (χ4n) is 3.63. The van der Waals surface area contributed by atoms with Crippen LogP contribution in [0.3, 0.4) is 0 Å². The molecule has 0 amide bonds. The van der Waals surface area contributed by atoms with Crippen molar-refractivity contribution >= 4 is 0 Å². The third kappa shape index (κ3) is 1.41. The molecule has 0 radical (unpaired) electrons. The van der Waals surface area contributed by atoms with Crippen molar-refractivity contribution in [1.82, 2.24) is 0 Å². The molecule has 16 heavy (non-hydrogen) atoms. The molecular weight excluding hydrogens is 194 g/mol. The summed E-state index contributed by atoms with van der Waals surface area (Å²) in [6.45, 7) is 2.27. The van der Waals surface area contributed by atoms with Gasteiger partial charge in [-0.3, -0.25) is 0 Å². The van der Waals surface area contributed by atoms with E-state index in [1.165, 1.54) is 32.1 Å². The minimum atomic E-state index is 0.141. The van der Waals surface area contributed by atoms with Gasteiger partial charge >= 0.3 is 0 Å². The summed E-state index contributed by atoms with van der Waals surface area (Å²) in [5.74, 6) is 1.42. The Morgan fingerprint density at radius 1 is 1.38 bits per heavy atom. The highest BCUT2D eigenvalue weighted by molar-refractivity contribution is 5.40. The van der Waals surface area contributed by atoms with E-state index in [9.17, 15) is 0 Å². The zero-order valence-electron chi connectivity index (χ0n) is 10.1. The molecule has 1 aromatic carbocycles. The van der Waals surface area contributed by atoms with Gasteiger partial charge in [0.1, 0.15) is 0 Å². The maximum Gasteiger partial charge on any atom is 0.0256 e. The molecule has 2 aliphatic carbocycles. The van der Waals surface area contributed by atoms with E-state index in [4.69, 9.17) is 5.73 Å². The molecule has 0 aromatic heterocycles. The monoisotopic (exact) mass is 215 g/mol. The quantitative estimate of drug-likeness (QED) is 0.823. The van der Waals surface area contributed by atoms with Crippen LogP contribution < -0.4 is 5.73 Å². The SMILES string of the molecule is CCCC1CC1(N)C1CCc2ccccc21. The molecule has 1 nitrogen and oxygen atoms in total. The third-order valence-corrected chi connectivity index (χ3v) is 4.62. The molecule has 1 saturated carbocycles. The Bertz CT molecular complexity index is 398. The number of fused-ring (bicyclic) bond motifs is 1. The van der Waals surface area contributed by atoms with E-state index >= 15 is 0 Å². The van der Waals surface area contributed by atoms with Gasteiger partial charge in [-0.2, -0.15) is 0 Å². The molecule has 2 aliphatic rings. The first-order valence-corrected chi connectivity index (χ1v) is 6.62. The molecule has 3 atom stereocenters. The molecule has 1 fully saturated rings. The van der Waals surface area contributed by atoms with Crippen molar-refractivity contribution in [3.8, 4) is 0 Å². The summed E-state index contributed by atoms with van der Waals surface area (Å²) >= 11 is 0. The lowest BCUT2D eigenvalue weighted by Crippen LogP contribution is -2.32. The van der Waals surface area contributed by atoms with E-state index in [0.29, 0.717) is 5.92 Å². The van der Waals surface area contributed by atoms with Crippen LogP contribution in [0.25, 0.3) is 0 Å². The number of hydrogen-bond donors (Lipinski definition) is 1. The second kappa shape index (κ2) is 3.59. The van der Waals surface area contributed by atoms with Crippen molar-refractivity contribution < 1.29 is 0 Å². The summed E-state index contributed by atoms with van der Waals surface area (Å²) in [7, 11) is 0. The maximum atomic E-state index is 6.60. The molecule has 3 unspecified atom stereocenters. The Balaban J connectivity index is 1.84. The minimum Gasteiger partial charge on any atom is -0.324 e. The van der Waals surface area contributed by atoms with E-state index in [0.717, 1.165) is 5.92 Å². The minimum absolute atomic E-state index is 0.141. The van der Waals surface area contributed by atoms with Gasteiger partial charge in [-0.25, -0.2) is 0 Å². The number of benzene rings is 1. The fourth-order valence-corrected chi connectivity index (χ4v) is 3.63. The lowest BCUT2D eigenvalue weighted by atomic mass is 9.89. The second-order valence-corrected chi connectivity index (χ2v) is 5.59. The highest BCUT2D eigenvalue weighted by Gasteiger charge is 2.56. The van der Waals surface area contributed by atoms with Crippen LogP contribution in [0, 0.1) is 5.92 Å². The van der Waals surface area contributed by atoms with Crippen LogP contribution in [0.5, 0.6) is 0 Å². The zero-order chi connectivity index (χ0) is 11.2. The van der Waals surface area contributed by atoms with E-state index in [1.807, 2.05) is 0 Å². The first-order chi connectivity index (χ1) is 7.75. The first kappa shape index (κ1) is 10.3. The predicted molar refractivity (Wildman–Crippen MR) is 67.4 cm³/mol. The third-order valence-electron chi connectivity index (χ3n) is 4.62. The van der Waals surface area contributed by atoms with Crippen LogP contribution in [0.4, 0.5) is 0 Å². The van der Waals surface area contributed by atoms with Crippen molar-refractivity contribution in [2.75, 3.05) is 0 Å². The number of hydrogen-bond acceptors (Lipinski definition) is 1. The van der Waals surface area contributed by atoms with Crippen molar-refractivity contribution in [2.24, 2.45) is 11.7 Å². The van der Waals surface area contributed by atoms with Gasteiger partial charge in [-0.05, 0) is 42.7 Å². The first-order valence-electron chi connectivity index (χ1n) is 6.62. The summed E-state index contributed by atoms with van der Waals surface area (Å²) < 4.78 is 0. The summed E-state index contributed by atoms with van der Waals surface area (Å²) in [4.78, 5) is 0. The molecule has 1 aromatic rings. The molecule has 0 bridgehead atoms. The van der Waals surface area contributed by atoms with Crippen molar-refractivity contribution in [1.29, 1.82) is 0 Å². The second-order valence-electron chi connectivity index (χ2n) is 5.59. The number of nitrogens with two attached hydrogens (primary N) is 1. The van der Waals surface area contributed by atoms with Crippen molar-refractivity contribution in [2.45, 2.75) is 50.5 Å². The van der Waals surface area contributed by atoms with Gasteiger partial charge in [0, 0.05) is 11.5 Å². The molecule has 0 spiro atoms. The Kier molecular flexibility index (Phi) is 2.32. The number of aryl methyl sites for hydroxylation is 1. The maximum absolute atomic E-state index is 6.60. The Labute approximate surface area is 98.0 Å². The van der Waals surface area contributed by atoms with Gasteiger partial charge in [0.2, 0.25) is 0 Å². The predicted octanol–water partition coefficient (Wildman–Crippen LogP) is 3.23. The molecule has 1 heteroatoms. The Morgan fingerprint density at radius 2 is 2.19 bits per heavy atom. The molecule has 0 heterocycles. The smallest absolute Gasteiger partial charge is 0.0256 e. The van der Waals surface area contributed by atoms with Gasteiger partial charge in [0.05, 0.1) is 0 Å². The van der Waals surface area contributed by atoms with Gasteiger partial charge in [-0.1, -0.05) is 37.6 Å². The average Bonchev–Trinajstić information content (AvgIpc) is 2.78. The van der Waals surface area contributed by atoms with Crippen molar-refractivity contribution in [3.05, 3.63) is 35.4 Å². The Morgan fingerprint density at radius 3 is 3.00 bits per heavy atom. The molecule has 2 N–H and O–H groups in total. The highest BCUT2D eigenvalue weighted by atomic mass is 14.9. The Hall–Kier alpha value is -0.820. The van der Waals surface area contributed by atoms with Gasteiger partial charge in [0.25, 0.3) is 0 Å². The van der Waals surface area contributed by atoms with Crippen LogP contribution in [-0.2, 0) is 6.42 Å². The van der Waals surface area contributed by atoms with E-state index < -0.39 is 0 Å². The largest absolute Gasteiger partial charge is 0.324 e. The van der Waals surface area contributed by atoms with Gasteiger partial charge in [-0.15, -0.1) is 0 Å². The highest BCUT2D eigenvalue weighted by Crippen LogP contribution is 2.56. The molecule has 0 saturated heterocycles. The lowest BCUT2D eigenvalue weighted by molar-refractivity contribution is 0.459. The molecule has 86 valence electrons. The standard InChI is InChI=1S/C15H21N/c1-2-5-12-10-15(12,16)14-9-8-11-6-3-4-7-13(11)14/h3-4,6-7,12,14H,2,5,8-10,16H2,1H3. The topological polar surface area (TPSA) is 26.0 Å².